The normalized spacial score (nSPS) is 26.9. The number of carbonyl (C=O) groups is 1. The van der Waals surface area contributed by atoms with E-state index in [0.717, 1.165) is 28.5 Å². The van der Waals surface area contributed by atoms with Crippen molar-refractivity contribution < 1.29 is 9.32 Å². The lowest BCUT2D eigenvalue weighted by Gasteiger charge is -2.28. The van der Waals surface area contributed by atoms with E-state index in [9.17, 15) is 4.79 Å². The van der Waals surface area contributed by atoms with Crippen LogP contribution in [0.2, 0.25) is 0 Å². The Morgan fingerprint density at radius 2 is 2.08 bits per heavy atom. The van der Waals surface area contributed by atoms with Crippen molar-refractivity contribution in [1.82, 2.24) is 10.5 Å². The highest BCUT2D eigenvalue weighted by Crippen LogP contribution is 2.49. The van der Waals surface area contributed by atoms with Crippen LogP contribution in [0.15, 0.2) is 16.7 Å². The summed E-state index contributed by atoms with van der Waals surface area (Å²) in [6.45, 7) is 6.29. The second kappa shape index (κ2) is 5.91. The maximum Gasteiger partial charge on any atom is 0.226 e. The molecular formula is C20H26N2O2. The van der Waals surface area contributed by atoms with Crippen LogP contribution in [0.3, 0.4) is 0 Å². The Morgan fingerprint density at radius 3 is 2.79 bits per heavy atom. The van der Waals surface area contributed by atoms with E-state index in [2.05, 4.69) is 37.3 Å². The molecule has 4 nitrogen and oxygen atoms in total. The van der Waals surface area contributed by atoms with Gasteiger partial charge in [0, 0.05) is 11.4 Å². The lowest BCUT2D eigenvalue weighted by atomic mass is 9.84. The molecule has 2 fully saturated rings. The quantitative estimate of drug-likeness (QED) is 0.926. The lowest BCUT2D eigenvalue weighted by Crippen LogP contribution is -2.40. The summed E-state index contributed by atoms with van der Waals surface area (Å²) in [4.78, 5) is 12.5. The number of amides is 1. The molecule has 4 heteroatoms. The molecule has 1 heterocycles. The number of hydrogen-bond donors (Lipinski definition) is 1. The summed E-state index contributed by atoms with van der Waals surface area (Å²) < 4.78 is 5.40. The van der Waals surface area contributed by atoms with Crippen LogP contribution in [0.1, 0.15) is 49.4 Å². The van der Waals surface area contributed by atoms with E-state index < -0.39 is 0 Å². The number of benzene rings is 1. The van der Waals surface area contributed by atoms with Gasteiger partial charge in [-0.2, -0.15) is 0 Å². The van der Waals surface area contributed by atoms with Crippen LogP contribution in [0.4, 0.5) is 0 Å². The molecule has 2 aliphatic carbocycles. The first-order chi connectivity index (χ1) is 11.5. The molecule has 1 amide bonds. The summed E-state index contributed by atoms with van der Waals surface area (Å²) >= 11 is 0. The average Bonchev–Trinajstić information content (AvgIpc) is 3.25. The Balaban J connectivity index is 1.43. The Kier molecular flexibility index (Phi) is 3.86. The second-order valence-electron chi connectivity index (χ2n) is 7.93. The van der Waals surface area contributed by atoms with Crippen molar-refractivity contribution in [2.45, 2.75) is 58.9 Å². The van der Waals surface area contributed by atoms with Gasteiger partial charge in [-0.05, 0) is 81.0 Å². The monoisotopic (exact) mass is 326 g/mol. The van der Waals surface area contributed by atoms with E-state index in [1.807, 2.05) is 6.07 Å². The van der Waals surface area contributed by atoms with Gasteiger partial charge in [0.2, 0.25) is 5.91 Å². The zero-order valence-corrected chi connectivity index (χ0v) is 14.8. The summed E-state index contributed by atoms with van der Waals surface area (Å²) in [7, 11) is 0. The van der Waals surface area contributed by atoms with Gasteiger partial charge in [-0.15, -0.1) is 0 Å². The van der Waals surface area contributed by atoms with Gasteiger partial charge in [-0.3, -0.25) is 4.79 Å². The summed E-state index contributed by atoms with van der Waals surface area (Å²) in [5.41, 5.74) is 3.88. The summed E-state index contributed by atoms with van der Waals surface area (Å²) in [5, 5.41) is 8.30. The molecule has 128 valence electrons. The Morgan fingerprint density at radius 1 is 1.29 bits per heavy atom. The van der Waals surface area contributed by atoms with Gasteiger partial charge in [0.1, 0.15) is 5.69 Å². The van der Waals surface area contributed by atoms with Gasteiger partial charge in [-0.25, -0.2) is 0 Å². The summed E-state index contributed by atoms with van der Waals surface area (Å²) in [5.74, 6) is 2.44. The van der Waals surface area contributed by atoms with Crippen LogP contribution < -0.4 is 5.32 Å². The van der Waals surface area contributed by atoms with Crippen LogP contribution in [-0.4, -0.2) is 17.1 Å². The Bertz CT molecular complexity index is 779. The molecular weight excluding hydrogens is 300 g/mol. The topological polar surface area (TPSA) is 55.1 Å². The summed E-state index contributed by atoms with van der Waals surface area (Å²) in [6.07, 6.45) is 5.70. The average molecular weight is 326 g/mol. The minimum atomic E-state index is 0.0544. The van der Waals surface area contributed by atoms with Crippen molar-refractivity contribution in [3.63, 3.8) is 0 Å². The number of aryl methyl sites for hydroxylation is 2. The first-order valence-electron chi connectivity index (χ1n) is 9.16. The zero-order valence-electron chi connectivity index (χ0n) is 14.8. The van der Waals surface area contributed by atoms with Gasteiger partial charge in [0.05, 0.1) is 6.42 Å². The number of fused-ring (bicyclic) bond motifs is 3. The van der Waals surface area contributed by atoms with E-state index in [1.54, 1.807) is 0 Å². The number of nitrogens with one attached hydrogen (secondary N) is 1. The van der Waals surface area contributed by atoms with E-state index >= 15 is 0 Å². The van der Waals surface area contributed by atoms with Crippen LogP contribution >= 0.6 is 0 Å². The fraction of sp³-hybridized carbons (Fsp3) is 0.600. The first kappa shape index (κ1) is 15.7. The van der Waals surface area contributed by atoms with Crippen molar-refractivity contribution >= 4 is 16.9 Å². The maximum absolute atomic E-state index is 12.5. The molecule has 1 aromatic heterocycles. The maximum atomic E-state index is 12.5. The van der Waals surface area contributed by atoms with Gasteiger partial charge in [0.15, 0.2) is 5.58 Å². The Hall–Kier alpha value is -1.84. The molecule has 4 rings (SSSR count). The molecule has 0 aliphatic heterocycles. The molecule has 2 aliphatic rings. The van der Waals surface area contributed by atoms with Crippen LogP contribution in [0, 0.1) is 31.6 Å². The highest BCUT2D eigenvalue weighted by molar-refractivity contribution is 5.87. The van der Waals surface area contributed by atoms with E-state index in [0.29, 0.717) is 12.3 Å². The van der Waals surface area contributed by atoms with Crippen LogP contribution in [0.5, 0.6) is 0 Å². The van der Waals surface area contributed by atoms with Gasteiger partial charge in [0.25, 0.3) is 0 Å². The van der Waals surface area contributed by atoms with Gasteiger partial charge >= 0.3 is 0 Å². The molecule has 24 heavy (non-hydrogen) atoms. The van der Waals surface area contributed by atoms with Gasteiger partial charge in [-0.1, -0.05) is 11.6 Å². The second-order valence-corrected chi connectivity index (χ2v) is 7.93. The van der Waals surface area contributed by atoms with Crippen LogP contribution in [-0.2, 0) is 11.2 Å². The molecule has 4 unspecified atom stereocenters. The van der Waals surface area contributed by atoms with Crippen molar-refractivity contribution in [1.29, 1.82) is 0 Å². The fourth-order valence-electron chi connectivity index (χ4n) is 4.84. The Labute approximate surface area is 143 Å². The van der Waals surface area contributed by atoms with Crippen molar-refractivity contribution in [3.05, 3.63) is 29.0 Å². The zero-order chi connectivity index (χ0) is 16.8. The van der Waals surface area contributed by atoms with Crippen molar-refractivity contribution in [2.24, 2.45) is 17.8 Å². The van der Waals surface area contributed by atoms with Crippen LogP contribution in [0.25, 0.3) is 11.0 Å². The predicted octanol–water partition coefficient (Wildman–Crippen LogP) is 3.93. The highest BCUT2D eigenvalue weighted by Gasteiger charge is 2.42. The van der Waals surface area contributed by atoms with Crippen molar-refractivity contribution in [2.75, 3.05) is 0 Å². The fourth-order valence-corrected chi connectivity index (χ4v) is 4.84. The third-order valence-corrected chi connectivity index (χ3v) is 6.31. The minimum Gasteiger partial charge on any atom is -0.356 e. The number of rotatable bonds is 4. The molecule has 1 N–H and O–H groups in total. The van der Waals surface area contributed by atoms with E-state index in [1.165, 1.54) is 36.8 Å². The third kappa shape index (κ3) is 2.72. The molecule has 0 radical (unpaired) electrons. The van der Waals surface area contributed by atoms with Crippen molar-refractivity contribution in [3.8, 4) is 0 Å². The van der Waals surface area contributed by atoms with E-state index in [-0.39, 0.29) is 11.9 Å². The molecule has 4 atom stereocenters. The highest BCUT2D eigenvalue weighted by atomic mass is 16.5. The number of aromatic nitrogens is 1. The summed E-state index contributed by atoms with van der Waals surface area (Å²) in [6, 6.07) is 4.33. The standard InChI is InChI=1S/C20H26N2O2/c1-11-6-17-18(22-24-19(17)7-12(11)2)10-20(23)21-13(3)16-9-14-4-5-15(16)8-14/h6-7,13-16H,4-5,8-10H2,1-3H3,(H,21,23). The first-order valence-corrected chi connectivity index (χ1v) is 9.16. The third-order valence-electron chi connectivity index (χ3n) is 6.31. The van der Waals surface area contributed by atoms with Gasteiger partial charge < -0.3 is 9.84 Å². The minimum absolute atomic E-state index is 0.0544. The van der Waals surface area contributed by atoms with E-state index in [4.69, 9.17) is 4.52 Å². The molecule has 2 saturated carbocycles. The number of nitrogens with zero attached hydrogens (tertiary/aromatic N) is 1. The molecule has 0 saturated heterocycles. The molecule has 2 aromatic rings. The lowest BCUT2D eigenvalue weighted by molar-refractivity contribution is -0.121. The largest absolute Gasteiger partial charge is 0.356 e. The number of hydrogen-bond acceptors (Lipinski definition) is 3. The molecule has 2 bridgehead atoms. The molecule has 0 spiro atoms. The predicted molar refractivity (Wildman–Crippen MR) is 93.7 cm³/mol. The SMILES string of the molecule is Cc1cc2onc(CC(=O)NC(C)C3CC4CCC3C4)c2cc1C. The number of carbonyl (C=O) groups excluding carboxylic acids is 1. The smallest absolute Gasteiger partial charge is 0.226 e. The molecule has 1 aromatic carbocycles.